The number of para-hydroxylation sites is 1. The molecule has 0 aliphatic carbocycles. The van der Waals surface area contributed by atoms with Crippen LogP contribution in [0.4, 0.5) is 0 Å². The number of fused-ring (bicyclic) bond motifs is 1. The van der Waals surface area contributed by atoms with Gasteiger partial charge in [0.1, 0.15) is 0 Å². The Balaban J connectivity index is 1.44. The van der Waals surface area contributed by atoms with Gasteiger partial charge in [-0.05, 0) is 36.4 Å². The molecule has 2 aromatic carbocycles. The third kappa shape index (κ3) is 4.01. The predicted molar refractivity (Wildman–Crippen MR) is 94.4 cm³/mol. The molecule has 0 radical (unpaired) electrons. The first-order chi connectivity index (χ1) is 11.2. The van der Waals surface area contributed by atoms with E-state index in [-0.39, 0.29) is 5.91 Å². The van der Waals surface area contributed by atoms with Crippen molar-refractivity contribution >= 4 is 16.8 Å². The molecular weight excluding hydrogens is 284 g/mol. The number of aromatic nitrogens is 1. The molecule has 1 aromatic heterocycles. The second kappa shape index (κ2) is 7.14. The number of benzene rings is 2. The van der Waals surface area contributed by atoms with Gasteiger partial charge in [0.15, 0.2) is 0 Å². The molecular formula is C20H22N2O. The first kappa shape index (κ1) is 15.3. The second-order valence-corrected chi connectivity index (χ2v) is 5.93. The Hall–Kier alpha value is -2.55. The van der Waals surface area contributed by atoms with Crippen LogP contribution in [-0.2, 0) is 17.8 Å². The summed E-state index contributed by atoms with van der Waals surface area (Å²) in [6, 6.07) is 18.6. The van der Waals surface area contributed by atoms with Crippen LogP contribution in [0.3, 0.4) is 0 Å². The molecule has 23 heavy (non-hydrogen) atoms. The lowest BCUT2D eigenvalue weighted by molar-refractivity contribution is -0.120. The second-order valence-electron chi connectivity index (χ2n) is 5.93. The molecule has 0 aliphatic rings. The summed E-state index contributed by atoms with van der Waals surface area (Å²) in [6.07, 6.45) is 3.49. The molecule has 3 aromatic rings. The first-order valence-electron chi connectivity index (χ1n) is 8.08. The van der Waals surface area contributed by atoms with Crippen molar-refractivity contribution in [2.45, 2.75) is 26.3 Å². The van der Waals surface area contributed by atoms with E-state index in [1.54, 1.807) is 0 Å². The summed E-state index contributed by atoms with van der Waals surface area (Å²) >= 11 is 0. The number of carbonyl (C=O) groups is 1. The Kier molecular flexibility index (Phi) is 4.77. The lowest BCUT2D eigenvalue weighted by Crippen LogP contribution is -2.26. The normalized spacial score (nSPS) is 10.8. The van der Waals surface area contributed by atoms with Crippen LogP contribution in [0, 0.1) is 6.92 Å². The van der Waals surface area contributed by atoms with E-state index in [0.29, 0.717) is 13.0 Å². The summed E-state index contributed by atoms with van der Waals surface area (Å²) in [5.74, 6) is 0.0891. The van der Waals surface area contributed by atoms with Crippen molar-refractivity contribution in [2.75, 3.05) is 6.54 Å². The summed E-state index contributed by atoms with van der Waals surface area (Å²) in [5, 5.41) is 4.26. The van der Waals surface area contributed by atoms with Gasteiger partial charge in [0, 0.05) is 24.8 Å². The van der Waals surface area contributed by atoms with Crippen LogP contribution in [0.25, 0.3) is 10.9 Å². The molecule has 118 valence electrons. The van der Waals surface area contributed by atoms with Crippen molar-refractivity contribution in [1.82, 2.24) is 9.88 Å². The fourth-order valence-corrected chi connectivity index (χ4v) is 2.77. The van der Waals surface area contributed by atoms with E-state index in [1.807, 2.05) is 24.3 Å². The summed E-state index contributed by atoms with van der Waals surface area (Å²) in [5.41, 5.74) is 3.52. The van der Waals surface area contributed by atoms with Gasteiger partial charge in [0.05, 0.1) is 6.42 Å². The zero-order valence-corrected chi connectivity index (χ0v) is 13.5. The fourth-order valence-electron chi connectivity index (χ4n) is 2.77. The highest BCUT2D eigenvalue weighted by atomic mass is 16.1. The lowest BCUT2D eigenvalue weighted by atomic mass is 10.1. The van der Waals surface area contributed by atoms with Gasteiger partial charge >= 0.3 is 0 Å². The minimum Gasteiger partial charge on any atom is -0.356 e. The fraction of sp³-hybridized carbons (Fsp3) is 0.250. The zero-order chi connectivity index (χ0) is 16.1. The van der Waals surface area contributed by atoms with Crippen LogP contribution in [0.1, 0.15) is 17.5 Å². The number of amides is 1. The molecule has 3 nitrogen and oxygen atoms in total. The number of hydrogen-bond donors (Lipinski definition) is 1. The maximum absolute atomic E-state index is 12.0. The minimum atomic E-state index is 0.0891. The van der Waals surface area contributed by atoms with Crippen molar-refractivity contribution in [2.24, 2.45) is 0 Å². The SMILES string of the molecule is Cc1ccc(CC(=O)NCCCn2ccc3ccccc32)cc1. The molecule has 3 heteroatoms. The van der Waals surface area contributed by atoms with E-state index in [9.17, 15) is 4.79 Å². The average molecular weight is 306 g/mol. The van der Waals surface area contributed by atoms with Crippen LogP contribution in [-0.4, -0.2) is 17.0 Å². The molecule has 0 aliphatic heterocycles. The summed E-state index contributed by atoms with van der Waals surface area (Å²) in [4.78, 5) is 12.0. The third-order valence-electron chi connectivity index (χ3n) is 4.06. The molecule has 0 saturated carbocycles. The highest BCUT2D eigenvalue weighted by Crippen LogP contribution is 2.15. The molecule has 1 heterocycles. The molecule has 0 unspecified atom stereocenters. The maximum Gasteiger partial charge on any atom is 0.224 e. The monoisotopic (exact) mass is 306 g/mol. The quantitative estimate of drug-likeness (QED) is 0.692. The van der Waals surface area contributed by atoms with Gasteiger partial charge in [-0.2, -0.15) is 0 Å². The molecule has 1 N–H and O–H groups in total. The van der Waals surface area contributed by atoms with Crippen molar-refractivity contribution in [3.05, 3.63) is 71.9 Å². The van der Waals surface area contributed by atoms with Crippen molar-refractivity contribution in [1.29, 1.82) is 0 Å². The van der Waals surface area contributed by atoms with Crippen molar-refractivity contribution < 1.29 is 4.79 Å². The Bertz CT molecular complexity index is 787. The molecule has 0 atom stereocenters. The highest BCUT2D eigenvalue weighted by molar-refractivity contribution is 5.80. The molecule has 0 fully saturated rings. The third-order valence-corrected chi connectivity index (χ3v) is 4.06. The van der Waals surface area contributed by atoms with E-state index >= 15 is 0 Å². The number of hydrogen-bond acceptors (Lipinski definition) is 1. The van der Waals surface area contributed by atoms with Crippen LogP contribution < -0.4 is 5.32 Å². The number of aryl methyl sites for hydroxylation is 2. The zero-order valence-electron chi connectivity index (χ0n) is 13.5. The topological polar surface area (TPSA) is 34.0 Å². The van der Waals surface area contributed by atoms with Crippen LogP contribution in [0.5, 0.6) is 0 Å². The first-order valence-corrected chi connectivity index (χ1v) is 8.08. The Morgan fingerprint density at radius 1 is 1.04 bits per heavy atom. The molecule has 1 amide bonds. The lowest BCUT2D eigenvalue weighted by Gasteiger charge is -2.08. The summed E-state index contributed by atoms with van der Waals surface area (Å²) in [7, 11) is 0. The van der Waals surface area contributed by atoms with E-state index in [0.717, 1.165) is 18.5 Å². The largest absolute Gasteiger partial charge is 0.356 e. The molecule has 3 rings (SSSR count). The van der Waals surface area contributed by atoms with Crippen molar-refractivity contribution in [3.63, 3.8) is 0 Å². The Morgan fingerprint density at radius 2 is 1.83 bits per heavy atom. The number of rotatable bonds is 6. The molecule has 0 spiro atoms. The van der Waals surface area contributed by atoms with Gasteiger partial charge in [-0.3, -0.25) is 4.79 Å². The van der Waals surface area contributed by atoms with Crippen LogP contribution in [0.15, 0.2) is 60.8 Å². The Morgan fingerprint density at radius 3 is 2.65 bits per heavy atom. The van der Waals surface area contributed by atoms with E-state index < -0.39 is 0 Å². The van der Waals surface area contributed by atoms with Gasteiger partial charge < -0.3 is 9.88 Å². The molecule has 0 saturated heterocycles. The minimum absolute atomic E-state index is 0.0891. The van der Waals surface area contributed by atoms with Gasteiger partial charge in [-0.15, -0.1) is 0 Å². The van der Waals surface area contributed by atoms with E-state index in [4.69, 9.17) is 0 Å². The summed E-state index contributed by atoms with van der Waals surface area (Å²) < 4.78 is 2.24. The smallest absolute Gasteiger partial charge is 0.224 e. The van der Waals surface area contributed by atoms with Crippen molar-refractivity contribution in [3.8, 4) is 0 Å². The van der Waals surface area contributed by atoms with Gasteiger partial charge in [-0.1, -0.05) is 48.0 Å². The standard InChI is InChI=1S/C20H22N2O/c1-16-7-9-17(10-8-16)15-20(23)21-12-4-13-22-14-11-18-5-2-3-6-19(18)22/h2-3,5-11,14H,4,12-13,15H2,1H3,(H,21,23). The predicted octanol–water partition coefficient (Wildman–Crippen LogP) is 3.70. The van der Waals surface area contributed by atoms with Crippen LogP contribution >= 0.6 is 0 Å². The van der Waals surface area contributed by atoms with E-state index in [2.05, 4.69) is 53.3 Å². The van der Waals surface area contributed by atoms with Gasteiger partial charge in [-0.25, -0.2) is 0 Å². The van der Waals surface area contributed by atoms with Gasteiger partial charge in [0.2, 0.25) is 5.91 Å². The maximum atomic E-state index is 12.0. The highest BCUT2D eigenvalue weighted by Gasteiger charge is 2.03. The Labute approximate surface area is 136 Å². The summed E-state index contributed by atoms with van der Waals surface area (Å²) in [6.45, 7) is 3.67. The van der Waals surface area contributed by atoms with Gasteiger partial charge in [0.25, 0.3) is 0 Å². The molecule has 0 bridgehead atoms. The van der Waals surface area contributed by atoms with E-state index in [1.165, 1.54) is 16.5 Å². The number of nitrogens with one attached hydrogen (secondary N) is 1. The number of nitrogens with zero attached hydrogens (tertiary/aromatic N) is 1. The average Bonchev–Trinajstić information content (AvgIpc) is 2.97. The van der Waals surface area contributed by atoms with Crippen LogP contribution in [0.2, 0.25) is 0 Å². The number of carbonyl (C=O) groups excluding carboxylic acids is 1.